The van der Waals surface area contributed by atoms with E-state index in [1.807, 2.05) is 24.3 Å². The molecule has 0 saturated heterocycles. The Morgan fingerprint density at radius 1 is 0.943 bits per heavy atom. The predicted molar refractivity (Wildman–Crippen MR) is 140 cm³/mol. The van der Waals surface area contributed by atoms with E-state index in [0.717, 1.165) is 34.7 Å². The van der Waals surface area contributed by atoms with Crippen LogP contribution in [0.1, 0.15) is 29.5 Å². The molecule has 0 fully saturated rings. The molecule has 0 radical (unpaired) electrons. The molecule has 1 aliphatic heterocycles. The molecule has 1 heterocycles. The molecule has 35 heavy (non-hydrogen) atoms. The van der Waals surface area contributed by atoms with Crippen LogP contribution in [-0.2, 0) is 10.0 Å². The SMILES string of the molecule is COc1ccc([C@H]2Nc3ccc(S(=O)(=O)Nc4cc(Cl)cc(Cl)c4)cc3[C@H]3C=CC[C@H]32)c(OC)c1. The average molecular weight is 531 g/mol. The predicted octanol–water partition coefficient (Wildman–Crippen LogP) is 6.64. The van der Waals surface area contributed by atoms with Gasteiger partial charge in [0, 0.05) is 33.3 Å². The molecule has 0 bridgehead atoms. The lowest BCUT2D eigenvalue weighted by Gasteiger charge is -2.38. The zero-order valence-electron chi connectivity index (χ0n) is 19.1. The summed E-state index contributed by atoms with van der Waals surface area (Å²) in [7, 11) is -0.570. The van der Waals surface area contributed by atoms with E-state index in [2.05, 4.69) is 22.2 Å². The van der Waals surface area contributed by atoms with Crippen LogP contribution < -0.4 is 19.5 Å². The molecule has 0 unspecified atom stereocenters. The first kappa shape index (κ1) is 23.9. The Balaban J connectivity index is 1.49. The van der Waals surface area contributed by atoms with Gasteiger partial charge in [-0.3, -0.25) is 4.72 Å². The maximum absolute atomic E-state index is 13.2. The molecule has 3 aromatic rings. The van der Waals surface area contributed by atoms with E-state index in [1.165, 1.54) is 12.1 Å². The minimum Gasteiger partial charge on any atom is -0.497 e. The second kappa shape index (κ2) is 9.30. The Hall–Kier alpha value is -2.87. The van der Waals surface area contributed by atoms with Gasteiger partial charge in [-0.15, -0.1) is 0 Å². The Bertz CT molecular complexity index is 1400. The van der Waals surface area contributed by atoms with Crippen LogP contribution in [0.2, 0.25) is 10.0 Å². The fourth-order valence-electron chi connectivity index (χ4n) is 4.95. The third-order valence-corrected chi connectivity index (χ3v) is 8.35. The molecule has 1 aliphatic carbocycles. The van der Waals surface area contributed by atoms with Gasteiger partial charge in [-0.1, -0.05) is 35.4 Å². The fraction of sp³-hybridized carbons (Fsp3) is 0.231. The number of halogens is 2. The van der Waals surface area contributed by atoms with Gasteiger partial charge < -0.3 is 14.8 Å². The van der Waals surface area contributed by atoms with E-state index in [0.29, 0.717) is 15.7 Å². The fourth-order valence-corrected chi connectivity index (χ4v) is 6.55. The average Bonchev–Trinajstić information content (AvgIpc) is 3.32. The lowest BCUT2D eigenvalue weighted by Crippen LogP contribution is -2.29. The first-order valence-corrected chi connectivity index (χ1v) is 13.3. The smallest absolute Gasteiger partial charge is 0.261 e. The minimum atomic E-state index is -3.85. The monoisotopic (exact) mass is 530 g/mol. The summed E-state index contributed by atoms with van der Waals surface area (Å²) in [5.74, 6) is 1.76. The topological polar surface area (TPSA) is 76.7 Å². The number of hydrogen-bond acceptors (Lipinski definition) is 5. The van der Waals surface area contributed by atoms with Crippen LogP contribution in [0.5, 0.6) is 11.5 Å². The summed E-state index contributed by atoms with van der Waals surface area (Å²) in [5, 5.41) is 4.33. The summed E-state index contributed by atoms with van der Waals surface area (Å²) in [6.45, 7) is 0. The normalized spacial score (nSPS) is 20.5. The van der Waals surface area contributed by atoms with Crippen LogP contribution in [0.25, 0.3) is 0 Å². The molecular formula is C26H24Cl2N2O4S. The van der Waals surface area contributed by atoms with E-state index >= 15 is 0 Å². The first-order valence-electron chi connectivity index (χ1n) is 11.1. The van der Waals surface area contributed by atoms with Gasteiger partial charge in [0.2, 0.25) is 0 Å². The van der Waals surface area contributed by atoms with E-state index in [-0.39, 0.29) is 22.8 Å². The molecule has 6 nitrogen and oxygen atoms in total. The standard InChI is InChI=1S/C26H24Cl2N2O4S/c1-33-18-6-8-22(25(13-18)34-2)26-21-5-3-4-20(21)23-14-19(7-9-24(23)29-26)35(31,32)30-17-11-15(27)10-16(28)12-17/h3-4,6-14,20-21,26,29-30H,5H2,1-2H3/t20-,21+,26-/m0/s1. The minimum absolute atomic E-state index is 0.00228. The quantitative estimate of drug-likeness (QED) is 0.349. The zero-order valence-corrected chi connectivity index (χ0v) is 21.4. The molecule has 3 aromatic carbocycles. The van der Waals surface area contributed by atoms with Crippen molar-refractivity contribution in [2.75, 3.05) is 24.3 Å². The highest BCUT2D eigenvalue weighted by Gasteiger charge is 2.39. The van der Waals surface area contributed by atoms with Crippen LogP contribution in [0.4, 0.5) is 11.4 Å². The summed E-state index contributed by atoms with van der Waals surface area (Å²) in [6.07, 6.45) is 5.18. The van der Waals surface area contributed by atoms with Gasteiger partial charge in [-0.25, -0.2) is 8.42 Å². The zero-order chi connectivity index (χ0) is 24.7. The maximum atomic E-state index is 13.2. The summed E-state index contributed by atoms with van der Waals surface area (Å²) in [6, 6.07) is 15.6. The van der Waals surface area contributed by atoms with E-state index in [4.69, 9.17) is 32.7 Å². The van der Waals surface area contributed by atoms with Gasteiger partial charge in [-0.05, 0) is 66.4 Å². The van der Waals surface area contributed by atoms with Crippen molar-refractivity contribution in [2.45, 2.75) is 23.3 Å². The van der Waals surface area contributed by atoms with Crippen molar-refractivity contribution in [3.05, 3.63) is 87.9 Å². The molecular weight excluding hydrogens is 507 g/mol. The molecule has 2 N–H and O–H groups in total. The van der Waals surface area contributed by atoms with E-state index < -0.39 is 10.0 Å². The largest absolute Gasteiger partial charge is 0.497 e. The number of fused-ring (bicyclic) bond motifs is 3. The van der Waals surface area contributed by atoms with Crippen molar-refractivity contribution in [3.8, 4) is 11.5 Å². The van der Waals surface area contributed by atoms with Gasteiger partial charge in [0.15, 0.2) is 0 Å². The number of sulfonamides is 1. The van der Waals surface area contributed by atoms with Crippen molar-refractivity contribution in [3.63, 3.8) is 0 Å². The molecule has 5 rings (SSSR count). The van der Waals surface area contributed by atoms with Gasteiger partial charge in [-0.2, -0.15) is 0 Å². The lowest BCUT2D eigenvalue weighted by atomic mass is 9.77. The number of methoxy groups -OCH3 is 2. The molecule has 0 amide bonds. The van der Waals surface area contributed by atoms with Gasteiger partial charge >= 0.3 is 0 Å². The van der Waals surface area contributed by atoms with Crippen LogP contribution in [0, 0.1) is 5.92 Å². The van der Waals surface area contributed by atoms with Crippen molar-refractivity contribution in [1.29, 1.82) is 0 Å². The summed E-state index contributed by atoms with van der Waals surface area (Å²) in [5.41, 5.74) is 3.18. The van der Waals surface area contributed by atoms with E-state index in [9.17, 15) is 8.42 Å². The molecule has 0 aromatic heterocycles. The number of allylic oxidation sites excluding steroid dienone is 2. The Labute approximate surface area is 214 Å². The third kappa shape index (κ3) is 4.56. The van der Waals surface area contributed by atoms with Crippen molar-refractivity contribution >= 4 is 44.6 Å². The van der Waals surface area contributed by atoms with Crippen LogP contribution >= 0.6 is 23.2 Å². The molecule has 3 atom stereocenters. The van der Waals surface area contributed by atoms with Crippen LogP contribution in [0.15, 0.2) is 71.6 Å². The molecule has 2 aliphatic rings. The number of benzene rings is 3. The second-order valence-corrected chi connectivity index (χ2v) is 11.2. The number of nitrogens with one attached hydrogen (secondary N) is 2. The Morgan fingerprint density at radius 2 is 1.71 bits per heavy atom. The van der Waals surface area contributed by atoms with Crippen molar-refractivity contribution in [1.82, 2.24) is 0 Å². The number of anilines is 2. The number of rotatable bonds is 6. The van der Waals surface area contributed by atoms with Crippen molar-refractivity contribution < 1.29 is 17.9 Å². The highest BCUT2D eigenvalue weighted by molar-refractivity contribution is 7.92. The van der Waals surface area contributed by atoms with Crippen LogP contribution in [0.3, 0.4) is 0 Å². The summed E-state index contributed by atoms with van der Waals surface area (Å²) >= 11 is 12.1. The van der Waals surface area contributed by atoms with E-state index in [1.54, 1.807) is 32.4 Å². The van der Waals surface area contributed by atoms with Gasteiger partial charge in [0.1, 0.15) is 11.5 Å². The highest BCUT2D eigenvalue weighted by Crippen LogP contribution is 2.51. The lowest BCUT2D eigenvalue weighted by molar-refractivity contribution is 0.372. The Kier molecular flexibility index (Phi) is 6.34. The molecule has 9 heteroatoms. The first-order chi connectivity index (χ1) is 16.8. The Morgan fingerprint density at radius 3 is 2.43 bits per heavy atom. The molecule has 0 saturated carbocycles. The molecule has 0 spiro atoms. The second-order valence-electron chi connectivity index (χ2n) is 8.60. The highest BCUT2D eigenvalue weighted by atomic mass is 35.5. The van der Waals surface area contributed by atoms with Crippen LogP contribution in [-0.4, -0.2) is 22.6 Å². The van der Waals surface area contributed by atoms with Gasteiger partial charge in [0.25, 0.3) is 10.0 Å². The molecule has 182 valence electrons. The van der Waals surface area contributed by atoms with Gasteiger partial charge in [0.05, 0.1) is 30.8 Å². The summed E-state index contributed by atoms with van der Waals surface area (Å²) < 4.78 is 39.9. The number of hydrogen-bond donors (Lipinski definition) is 2. The maximum Gasteiger partial charge on any atom is 0.261 e. The third-order valence-electron chi connectivity index (χ3n) is 6.54. The number of ether oxygens (including phenoxy) is 2. The van der Waals surface area contributed by atoms with Crippen molar-refractivity contribution in [2.24, 2.45) is 5.92 Å². The summed E-state index contributed by atoms with van der Waals surface area (Å²) in [4.78, 5) is 0.175.